The number of ether oxygens (including phenoxy) is 2. The first kappa shape index (κ1) is 33.7. The number of carbonyl (C=O) groups excluding carboxylic acids is 2. The molecule has 0 spiro atoms. The Morgan fingerprint density at radius 3 is 1.62 bits per heavy atom. The summed E-state index contributed by atoms with van der Waals surface area (Å²) in [5.74, 6) is 4.82. The lowest BCUT2D eigenvalue weighted by molar-refractivity contribution is -0.140. The van der Waals surface area contributed by atoms with Gasteiger partial charge in [-0.1, -0.05) is 52.7 Å². The van der Waals surface area contributed by atoms with Gasteiger partial charge in [0, 0.05) is 60.3 Å². The van der Waals surface area contributed by atoms with Gasteiger partial charge >= 0.3 is 0 Å². The van der Waals surface area contributed by atoms with Crippen LogP contribution >= 0.6 is 0 Å². The monoisotopic (exact) mass is 680 g/mol. The van der Waals surface area contributed by atoms with Crippen LogP contribution in [0.3, 0.4) is 0 Å². The standard InChI is InChI=1S/C20H26N4O2.C18H22N4O2/c1-20(2)9-4-3-5-10-26-17-8-6-7-16(22-17)23-18-15-13-24(19(20)25)12-14(15)11-21-18;1-18(2)7-4-8-24-15-6-3-5-14(20-15)21-16-13-11-22(17(18)23)10-12(13)9-19-16/h6-8H,3-5,9-13H2,1-2H3,(H,21,22,23);3,5-6H,4,7-11H2,1-2H3,(H,19,20,21). The number of nitrogens with zero attached hydrogens (tertiary/aromatic N) is 6. The first-order valence-corrected chi connectivity index (χ1v) is 17.9. The van der Waals surface area contributed by atoms with Crippen LogP contribution in [-0.2, 0) is 9.59 Å². The van der Waals surface area contributed by atoms with E-state index in [0.29, 0.717) is 64.2 Å². The summed E-state index contributed by atoms with van der Waals surface area (Å²) < 4.78 is 11.5. The molecule has 6 aliphatic heterocycles. The average Bonchev–Trinajstić information content (AvgIpc) is 3.88. The van der Waals surface area contributed by atoms with Crippen molar-refractivity contribution in [3.63, 3.8) is 0 Å². The van der Waals surface area contributed by atoms with Crippen molar-refractivity contribution in [3.05, 3.63) is 58.7 Å². The highest BCUT2D eigenvalue weighted by Gasteiger charge is 2.39. The highest BCUT2D eigenvalue weighted by molar-refractivity contribution is 6.11. The second kappa shape index (κ2) is 13.9. The van der Waals surface area contributed by atoms with Crippen molar-refractivity contribution >= 4 is 35.1 Å². The summed E-state index contributed by atoms with van der Waals surface area (Å²) in [6.07, 6.45) is 5.58. The van der Waals surface area contributed by atoms with E-state index in [2.05, 4.69) is 44.4 Å². The zero-order chi connectivity index (χ0) is 34.9. The Labute approximate surface area is 294 Å². The Hall–Kier alpha value is -4.74. The third kappa shape index (κ3) is 7.25. The summed E-state index contributed by atoms with van der Waals surface area (Å²) in [4.78, 5) is 48.1. The van der Waals surface area contributed by atoms with Gasteiger partial charge in [-0.05, 0) is 49.0 Å². The van der Waals surface area contributed by atoms with E-state index in [-0.39, 0.29) is 22.6 Å². The number of fused-ring (bicyclic) bond motifs is 6. The Bertz CT molecular complexity index is 1790. The molecule has 0 radical (unpaired) electrons. The molecule has 0 aromatic carbocycles. The third-order valence-electron chi connectivity index (χ3n) is 10.3. The highest BCUT2D eigenvalue weighted by Crippen LogP contribution is 2.34. The Balaban J connectivity index is 0.000000157. The van der Waals surface area contributed by atoms with E-state index in [0.717, 1.165) is 73.0 Å². The molecule has 8 rings (SSSR count). The minimum absolute atomic E-state index is 0.213. The van der Waals surface area contributed by atoms with Crippen molar-refractivity contribution < 1.29 is 19.1 Å². The van der Waals surface area contributed by atoms with Crippen molar-refractivity contribution in [1.82, 2.24) is 19.8 Å². The number of amides is 2. The molecule has 0 fully saturated rings. The van der Waals surface area contributed by atoms with Crippen LogP contribution in [0.25, 0.3) is 0 Å². The number of hydrogen-bond donors (Lipinski definition) is 2. The lowest BCUT2D eigenvalue weighted by Gasteiger charge is -2.30. The molecule has 0 unspecified atom stereocenters. The van der Waals surface area contributed by atoms with Gasteiger partial charge < -0.3 is 29.9 Å². The minimum atomic E-state index is -0.382. The smallest absolute Gasteiger partial charge is 0.228 e. The number of carbonyl (C=O) groups is 2. The Morgan fingerprint density at radius 1 is 0.620 bits per heavy atom. The van der Waals surface area contributed by atoms with Gasteiger partial charge in [0.1, 0.15) is 23.3 Å². The van der Waals surface area contributed by atoms with E-state index < -0.39 is 0 Å². The van der Waals surface area contributed by atoms with Gasteiger partial charge in [0.15, 0.2) is 0 Å². The van der Waals surface area contributed by atoms with Crippen LogP contribution in [-0.4, -0.2) is 95.7 Å². The van der Waals surface area contributed by atoms with Crippen molar-refractivity contribution in [1.29, 1.82) is 0 Å². The maximum atomic E-state index is 13.0. The van der Waals surface area contributed by atoms with Gasteiger partial charge in [0.05, 0.1) is 26.3 Å². The molecule has 8 bridgehead atoms. The molecule has 2 N–H and O–H groups in total. The molecule has 0 atom stereocenters. The first-order valence-electron chi connectivity index (χ1n) is 17.9. The molecule has 2 aromatic heterocycles. The van der Waals surface area contributed by atoms with E-state index in [1.165, 1.54) is 11.1 Å². The summed E-state index contributed by atoms with van der Waals surface area (Å²) in [5.41, 5.74) is 4.07. The van der Waals surface area contributed by atoms with Crippen molar-refractivity contribution in [2.75, 3.05) is 63.1 Å². The molecule has 12 heteroatoms. The lowest BCUT2D eigenvalue weighted by atomic mass is 9.85. The quantitative estimate of drug-likeness (QED) is 0.385. The summed E-state index contributed by atoms with van der Waals surface area (Å²) in [6.45, 7) is 13.4. The fourth-order valence-corrected chi connectivity index (χ4v) is 7.36. The molecule has 0 aliphatic carbocycles. The van der Waals surface area contributed by atoms with Gasteiger partial charge in [-0.15, -0.1) is 0 Å². The van der Waals surface area contributed by atoms with Crippen molar-refractivity contribution in [2.24, 2.45) is 20.8 Å². The van der Waals surface area contributed by atoms with E-state index in [9.17, 15) is 9.59 Å². The number of pyridine rings is 2. The molecule has 50 heavy (non-hydrogen) atoms. The van der Waals surface area contributed by atoms with E-state index in [1.54, 1.807) is 0 Å². The molecule has 264 valence electrons. The van der Waals surface area contributed by atoms with Gasteiger partial charge in [0.2, 0.25) is 23.6 Å². The van der Waals surface area contributed by atoms with Crippen LogP contribution < -0.4 is 20.1 Å². The topological polar surface area (TPSA) is 134 Å². The molecule has 0 saturated heterocycles. The maximum Gasteiger partial charge on any atom is 0.228 e. The molecule has 12 nitrogen and oxygen atoms in total. The van der Waals surface area contributed by atoms with E-state index in [4.69, 9.17) is 9.47 Å². The number of aromatic nitrogens is 2. The summed E-state index contributed by atoms with van der Waals surface area (Å²) in [7, 11) is 0. The van der Waals surface area contributed by atoms with Gasteiger partial charge in [-0.3, -0.25) is 19.6 Å². The Kier molecular flexibility index (Phi) is 9.36. The van der Waals surface area contributed by atoms with Crippen LogP contribution in [0.2, 0.25) is 0 Å². The first-order chi connectivity index (χ1) is 24.1. The van der Waals surface area contributed by atoms with Crippen LogP contribution in [0.4, 0.5) is 11.6 Å². The zero-order valence-corrected chi connectivity index (χ0v) is 29.7. The number of hydrogen-bond acceptors (Lipinski definition) is 10. The third-order valence-corrected chi connectivity index (χ3v) is 10.3. The van der Waals surface area contributed by atoms with Crippen LogP contribution in [0.5, 0.6) is 11.8 Å². The zero-order valence-electron chi connectivity index (χ0n) is 29.7. The fraction of sp³-hybridized carbons (Fsp3) is 0.526. The minimum Gasteiger partial charge on any atom is -0.478 e. The van der Waals surface area contributed by atoms with Crippen LogP contribution in [0, 0.1) is 10.8 Å². The summed E-state index contributed by atoms with van der Waals surface area (Å²) in [5, 5.41) is 6.61. The second-order valence-corrected chi connectivity index (χ2v) is 15.2. The number of anilines is 2. The molecule has 2 aromatic rings. The molecule has 8 heterocycles. The number of aliphatic imine (C=N–C) groups is 2. The Morgan fingerprint density at radius 2 is 1.10 bits per heavy atom. The fourth-order valence-electron chi connectivity index (χ4n) is 7.36. The average molecular weight is 681 g/mol. The van der Waals surface area contributed by atoms with Gasteiger partial charge in [-0.25, -0.2) is 0 Å². The maximum absolute atomic E-state index is 13.0. The van der Waals surface area contributed by atoms with Crippen molar-refractivity contribution in [2.45, 2.75) is 66.2 Å². The number of rotatable bonds is 0. The summed E-state index contributed by atoms with van der Waals surface area (Å²) >= 11 is 0. The van der Waals surface area contributed by atoms with Gasteiger partial charge in [-0.2, -0.15) is 9.97 Å². The largest absolute Gasteiger partial charge is 0.478 e. The second-order valence-electron chi connectivity index (χ2n) is 15.2. The van der Waals surface area contributed by atoms with Crippen LogP contribution in [0.1, 0.15) is 66.2 Å². The van der Waals surface area contributed by atoms with E-state index in [1.807, 2.05) is 60.0 Å². The highest BCUT2D eigenvalue weighted by atomic mass is 16.5. The lowest BCUT2D eigenvalue weighted by Crippen LogP contribution is -2.41. The molecular weight excluding hydrogens is 632 g/mol. The summed E-state index contributed by atoms with van der Waals surface area (Å²) in [6, 6.07) is 11.4. The van der Waals surface area contributed by atoms with Crippen molar-refractivity contribution in [3.8, 4) is 11.8 Å². The molecule has 0 saturated carbocycles. The van der Waals surface area contributed by atoms with Gasteiger partial charge in [0.25, 0.3) is 0 Å². The SMILES string of the molecule is CC1(C)CCCCCOc2cccc(n2)NC2=NCC3=C2CN(C3)C1=O.CC1(C)CCCOc2cccc(n2)NC2=NCC3=C2CN(C3)C1=O. The number of amidine groups is 2. The molecular formula is C38H48N8O4. The van der Waals surface area contributed by atoms with E-state index >= 15 is 0 Å². The normalized spacial score (nSPS) is 22.7. The molecule has 2 amide bonds. The van der Waals surface area contributed by atoms with Crippen LogP contribution in [0.15, 0.2) is 68.7 Å². The predicted molar refractivity (Wildman–Crippen MR) is 194 cm³/mol. The molecule has 6 aliphatic rings. The number of nitrogens with one attached hydrogen (secondary N) is 2. The predicted octanol–water partition coefficient (Wildman–Crippen LogP) is 5.27.